The van der Waals surface area contributed by atoms with Crippen LogP contribution in [0.1, 0.15) is 41.9 Å². The summed E-state index contributed by atoms with van der Waals surface area (Å²) in [6.07, 6.45) is 2.12. The van der Waals surface area contributed by atoms with E-state index in [1.54, 1.807) is 0 Å². The molecule has 0 fully saturated rings. The average molecular weight is 271 g/mol. The SMILES string of the molecule is CCCNC(Cc1cc(C)nn1C)c1cccc(C)c1. The lowest BCUT2D eigenvalue weighted by Gasteiger charge is -2.19. The van der Waals surface area contributed by atoms with Crippen LogP contribution in [0, 0.1) is 13.8 Å². The van der Waals surface area contributed by atoms with Crippen LogP contribution in [0.3, 0.4) is 0 Å². The molecule has 1 N–H and O–H groups in total. The van der Waals surface area contributed by atoms with Gasteiger partial charge in [-0.15, -0.1) is 0 Å². The van der Waals surface area contributed by atoms with Crippen molar-refractivity contribution in [2.75, 3.05) is 6.54 Å². The summed E-state index contributed by atoms with van der Waals surface area (Å²) in [6.45, 7) is 7.43. The molecular weight excluding hydrogens is 246 g/mol. The average Bonchev–Trinajstić information content (AvgIpc) is 2.72. The second-order valence-electron chi connectivity index (χ2n) is 5.53. The van der Waals surface area contributed by atoms with E-state index >= 15 is 0 Å². The van der Waals surface area contributed by atoms with Gasteiger partial charge in [-0.05, 0) is 38.4 Å². The molecule has 108 valence electrons. The molecule has 1 unspecified atom stereocenters. The van der Waals surface area contributed by atoms with Crippen molar-refractivity contribution in [2.24, 2.45) is 7.05 Å². The third kappa shape index (κ3) is 3.70. The number of nitrogens with one attached hydrogen (secondary N) is 1. The third-order valence-electron chi connectivity index (χ3n) is 3.60. The van der Waals surface area contributed by atoms with Gasteiger partial charge in [-0.1, -0.05) is 36.8 Å². The Kier molecular flexibility index (Phi) is 4.96. The fourth-order valence-corrected chi connectivity index (χ4v) is 2.58. The number of aromatic nitrogens is 2. The number of aryl methyl sites for hydroxylation is 3. The summed E-state index contributed by atoms with van der Waals surface area (Å²) in [7, 11) is 2.02. The first-order chi connectivity index (χ1) is 9.60. The monoisotopic (exact) mass is 271 g/mol. The molecule has 2 aromatic rings. The molecule has 1 atom stereocenters. The van der Waals surface area contributed by atoms with E-state index in [4.69, 9.17) is 0 Å². The first-order valence-corrected chi connectivity index (χ1v) is 7.39. The normalized spacial score (nSPS) is 12.6. The summed E-state index contributed by atoms with van der Waals surface area (Å²) in [5, 5.41) is 8.10. The summed E-state index contributed by atoms with van der Waals surface area (Å²) < 4.78 is 1.99. The van der Waals surface area contributed by atoms with Crippen LogP contribution in [-0.4, -0.2) is 16.3 Å². The van der Waals surface area contributed by atoms with Crippen LogP contribution in [-0.2, 0) is 13.5 Å². The maximum atomic E-state index is 4.44. The van der Waals surface area contributed by atoms with Crippen molar-refractivity contribution in [2.45, 2.75) is 39.7 Å². The molecule has 1 aromatic heterocycles. The molecule has 0 saturated heterocycles. The highest BCUT2D eigenvalue weighted by Gasteiger charge is 2.14. The Labute approximate surface area is 122 Å². The van der Waals surface area contributed by atoms with E-state index in [0.29, 0.717) is 6.04 Å². The van der Waals surface area contributed by atoms with E-state index in [1.807, 2.05) is 18.7 Å². The van der Waals surface area contributed by atoms with Gasteiger partial charge in [0.25, 0.3) is 0 Å². The summed E-state index contributed by atoms with van der Waals surface area (Å²) in [5.74, 6) is 0. The zero-order valence-electron chi connectivity index (χ0n) is 13.0. The molecule has 0 amide bonds. The Morgan fingerprint density at radius 2 is 2.05 bits per heavy atom. The van der Waals surface area contributed by atoms with Gasteiger partial charge in [0.1, 0.15) is 0 Å². The molecule has 0 saturated carbocycles. The smallest absolute Gasteiger partial charge is 0.0596 e. The molecule has 3 nitrogen and oxygen atoms in total. The Hall–Kier alpha value is -1.61. The molecule has 0 aliphatic heterocycles. The highest BCUT2D eigenvalue weighted by Crippen LogP contribution is 2.20. The second-order valence-corrected chi connectivity index (χ2v) is 5.53. The fourth-order valence-electron chi connectivity index (χ4n) is 2.58. The lowest BCUT2D eigenvalue weighted by molar-refractivity contribution is 0.512. The summed E-state index contributed by atoms with van der Waals surface area (Å²) >= 11 is 0. The maximum Gasteiger partial charge on any atom is 0.0596 e. The molecule has 20 heavy (non-hydrogen) atoms. The van der Waals surface area contributed by atoms with Gasteiger partial charge in [-0.2, -0.15) is 5.10 Å². The van der Waals surface area contributed by atoms with Crippen LogP contribution in [0.25, 0.3) is 0 Å². The van der Waals surface area contributed by atoms with Crippen LogP contribution in [0.5, 0.6) is 0 Å². The van der Waals surface area contributed by atoms with Crippen molar-refractivity contribution in [1.29, 1.82) is 0 Å². The van der Waals surface area contributed by atoms with Crippen molar-refractivity contribution in [3.05, 3.63) is 52.8 Å². The number of hydrogen-bond donors (Lipinski definition) is 1. The van der Waals surface area contributed by atoms with Gasteiger partial charge in [0.05, 0.1) is 5.69 Å². The van der Waals surface area contributed by atoms with E-state index < -0.39 is 0 Å². The van der Waals surface area contributed by atoms with Crippen molar-refractivity contribution in [3.63, 3.8) is 0 Å². The predicted molar refractivity (Wildman–Crippen MR) is 83.9 cm³/mol. The Balaban J connectivity index is 2.21. The molecule has 3 heteroatoms. The van der Waals surface area contributed by atoms with Gasteiger partial charge >= 0.3 is 0 Å². The Bertz CT molecular complexity index is 557. The van der Waals surface area contributed by atoms with Crippen molar-refractivity contribution >= 4 is 0 Å². The highest BCUT2D eigenvalue weighted by atomic mass is 15.3. The summed E-state index contributed by atoms with van der Waals surface area (Å²) in [5.41, 5.74) is 5.03. The third-order valence-corrected chi connectivity index (χ3v) is 3.60. The standard InChI is InChI=1S/C17H25N3/c1-5-9-18-17(15-8-6-7-13(2)10-15)12-16-11-14(3)19-20(16)4/h6-8,10-11,17-18H,5,9,12H2,1-4H3. The first-order valence-electron chi connectivity index (χ1n) is 7.39. The molecule has 0 aliphatic carbocycles. The van der Waals surface area contributed by atoms with Gasteiger partial charge in [-0.3, -0.25) is 4.68 Å². The van der Waals surface area contributed by atoms with E-state index in [0.717, 1.165) is 25.1 Å². The quantitative estimate of drug-likeness (QED) is 0.873. The Morgan fingerprint density at radius 3 is 2.65 bits per heavy atom. The largest absolute Gasteiger partial charge is 0.310 e. The minimum atomic E-state index is 0.352. The highest BCUT2D eigenvalue weighted by molar-refractivity contribution is 5.26. The zero-order valence-corrected chi connectivity index (χ0v) is 13.0. The lowest BCUT2D eigenvalue weighted by atomic mass is 10.00. The number of nitrogens with zero attached hydrogens (tertiary/aromatic N) is 2. The molecule has 2 rings (SSSR count). The van der Waals surface area contributed by atoms with Crippen molar-refractivity contribution < 1.29 is 0 Å². The van der Waals surface area contributed by atoms with Crippen molar-refractivity contribution in [3.8, 4) is 0 Å². The van der Waals surface area contributed by atoms with Gasteiger partial charge in [0.2, 0.25) is 0 Å². The zero-order chi connectivity index (χ0) is 14.5. The second kappa shape index (κ2) is 6.71. The van der Waals surface area contributed by atoms with E-state index in [1.165, 1.54) is 16.8 Å². The topological polar surface area (TPSA) is 29.9 Å². The van der Waals surface area contributed by atoms with Crippen LogP contribution >= 0.6 is 0 Å². The molecule has 0 spiro atoms. The van der Waals surface area contributed by atoms with Gasteiger partial charge < -0.3 is 5.32 Å². The summed E-state index contributed by atoms with van der Waals surface area (Å²) in [4.78, 5) is 0. The van der Waals surface area contributed by atoms with Gasteiger partial charge in [-0.25, -0.2) is 0 Å². The molecule has 0 radical (unpaired) electrons. The minimum absolute atomic E-state index is 0.352. The number of hydrogen-bond acceptors (Lipinski definition) is 2. The predicted octanol–water partition coefficient (Wildman–Crippen LogP) is 3.32. The minimum Gasteiger partial charge on any atom is -0.310 e. The van der Waals surface area contributed by atoms with E-state index in [9.17, 15) is 0 Å². The molecule has 1 aromatic carbocycles. The fraction of sp³-hybridized carbons (Fsp3) is 0.471. The van der Waals surface area contributed by atoms with Crippen LogP contribution in [0.2, 0.25) is 0 Å². The van der Waals surface area contributed by atoms with E-state index in [-0.39, 0.29) is 0 Å². The Morgan fingerprint density at radius 1 is 1.25 bits per heavy atom. The van der Waals surface area contributed by atoms with Gasteiger partial charge in [0, 0.05) is 25.2 Å². The lowest BCUT2D eigenvalue weighted by Crippen LogP contribution is -2.25. The molecule has 1 heterocycles. The van der Waals surface area contributed by atoms with Crippen LogP contribution in [0.15, 0.2) is 30.3 Å². The number of rotatable bonds is 6. The molecular formula is C17H25N3. The van der Waals surface area contributed by atoms with Crippen LogP contribution in [0.4, 0.5) is 0 Å². The van der Waals surface area contributed by atoms with Crippen molar-refractivity contribution in [1.82, 2.24) is 15.1 Å². The molecule has 0 bridgehead atoms. The summed E-state index contributed by atoms with van der Waals surface area (Å²) in [6, 6.07) is 11.3. The van der Waals surface area contributed by atoms with Crippen LogP contribution < -0.4 is 5.32 Å². The van der Waals surface area contributed by atoms with E-state index in [2.05, 4.69) is 54.6 Å². The first kappa shape index (κ1) is 14.8. The van der Waals surface area contributed by atoms with Gasteiger partial charge in [0.15, 0.2) is 0 Å². The molecule has 0 aliphatic rings. The maximum absolute atomic E-state index is 4.44. The number of benzene rings is 1.